The maximum Gasteiger partial charge on any atom is 0.173 e. The van der Waals surface area contributed by atoms with Crippen LogP contribution in [0.3, 0.4) is 0 Å². The minimum absolute atomic E-state index is 0.362. The van der Waals surface area contributed by atoms with Crippen molar-refractivity contribution in [3.05, 3.63) is 24.8 Å². The molecule has 0 saturated carbocycles. The van der Waals surface area contributed by atoms with Gasteiger partial charge in [0.05, 0.1) is 12.4 Å². The molecule has 60 valence electrons. The monoisotopic (exact) mass is 162 g/mol. The summed E-state index contributed by atoms with van der Waals surface area (Å²) in [5.41, 5.74) is 5.37. The van der Waals surface area contributed by atoms with E-state index >= 15 is 0 Å². The third-order valence-electron chi connectivity index (χ3n) is 1.30. The van der Waals surface area contributed by atoms with E-state index in [0.717, 1.165) is 0 Å². The minimum atomic E-state index is 0.362. The molecule has 2 N–H and O–H groups in total. The molecular formula is C6H6N6. The second-order valence-electron chi connectivity index (χ2n) is 2.15. The summed E-state index contributed by atoms with van der Waals surface area (Å²) in [4.78, 5) is 7.88. The standard InChI is InChI=1S/C6H6N6/c7-5-4-12(11-10-5)6-3-8-1-2-9-6/h1-4H,7H2. The van der Waals surface area contributed by atoms with Gasteiger partial charge >= 0.3 is 0 Å². The molecule has 0 aliphatic carbocycles. The Kier molecular flexibility index (Phi) is 1.44. The zero-order valence-electron chi connectivity index (χ0n) is 6.12. The van der Waals surface area contributed by atoms with Crippen molar-refractivity contribution in [2.45, 2.75) is 0 Å². The van der Waals surface area contributed by atoms with Crippen molar-refractivity contribution in [2.24, 2.45) is 0 Å². The molecule has 2 aromatic rings. The molecule has 12 heavy (non-hydrogen) atoms. The molecular weight excluding hydrogens is 156 g/mol. The number of nitrogen functional groups attached to an aromatic ring is 1. The van der Waals surface area contributed by atoms with Crippen LogP contribution in [0.25, 0.3) is 5.82 Å². The third kappa shape index (κ3) is 1.09. The van der Waals surface area contributed by atoms with Crippen LogP contribution in [0.2, 0.25) is 0 Å². The largest absolute Gasteiger partial charge is 0.381 e. The van der Waals surface area contributed by atoms with Crippen LogP contribution < -0.4 is 5.73 Å². The lowest BCUT2D eigenvalue weighted by molar-refractivity contribution is 0.776. The first kappa shape index (κ1) is 6.71. The maximum atomic E-state index is 5.37. The Morgan fingerprint density at radius 1 is 1.33 bits per heavy atom. The minimum Gasteiger partial charge on any atom is -0.381 e. The Morgan fingerprint density at radius 3 is 2.83 bits per heavy atom. The average molecular weight is 162 g/mol. The van der Waals surface area contributed by atoms with Gasteiger partial charge in [-0.25, -0.2) is 4.98 Å². The zero-order valence-corrected chi connectivity index (χ0v) is 6.12. The van der Waals surface area contributed by atoms with E-state index in [1.165, 1.54) is 4.68 Å². The molecule has 6 heteroatoms. The number of rotatable bonds is 1. The molecule has 2 rings (SSSR count). The van der Waals surface area contributed by atoms with Crippen LogP contribution >= 0.6 is 0 Å². The molecule has 2 aromatic heterocycles. The highest BCUT2D eigenvalue weighted by atomic mass is 15.4. The fraction of sp³-hybridized carbons (Fsp3) is 0. The number of aromatic nitrogens is 5. The second-order valence-corrected chi connectivity index (χ2v) is 2.15. The Hall–Kier alpha value is -1.98. The summed E-state index contributed by atoms with van der Waals surface area (Å²) < 4.78 is 1.46. The first-order chi connectivity index (χ1) is 5.86. The SMILES string of the molecule is Nc1cn(-c2cnccn2)nn1. The van der Waals surface area contributed by atoms with Crippen LogP contribution in [0.5, 0.6) is 0 Å². The van der Waals surface area contributed by atoms with Gasteiger partial charge in [0.2, 0.25) is 0 Å². The molecule has 0 amide bonds. The van der Waals surface area contributed by atoms with Gasteiger partial charge in [-0.15, -0.1) is 5.10 Å². The molecule has 2 heterocycles. The fourth-order valence-electron chi connectivity index (χ4n) is 0.798. The highest BCUT2D eigenvalue weighted by molar-refractivity contribution is 5.25. The third-order valence-corrected chi connectivity index (χ3v) is 1.30. The van der Waals surface area contributed by atoms with E-state index in [0.29, 0.717) is 11.6 Å². The van der Waals surface area contributed by atoms with E-state index in [2.05, 4.69) is 20.3 Å². The number of nitrogens with two attached hydrogens (primary N) is 1. The predicted molar refractivity (Wildman–Crippen MR) is 41.4 cm³/mol. The number of hydrogen-bond donors (Lipinski definition) is 1. The topological polar surface area (TPSA) is 82.5 Å². The van der Waals surface area contributed by atoms with Crippen LogP contribution in [-0.2, 0) is 0 Å². The van der Waals surface area contributed by atoms with Crippen molar-refractivity contribution < 1.29 is 0 Å². The van der Waals surface area contributed by atoms with Gasteiger partial charge in [0.1, 0.15) is 0 Å². The molecule has 0 bridgehead atoms. The molecule has 0 aliphatic heterocycles. The summed E-state index contributed by atoms with van der Waals surface area (Å²) >= 11 is 0. The number of anilines is 1. The van der Waals surface area contributed by atoms with E-state index in [1.807, 2.05) is 0 Å². The van der Waals surface area contributed by atoms with Crippen molar-refractivity contribution in [1.29, 1.82) is 0 Å². The van der Waals surface area contributed by atoms with E-state index in [1.54, 1.807) is 24.8 Å². The van der Waals surface area contributed by atoms with Crippen molar-refractivity contribution in [1.82, 2.24) is 25.0 Å². The number of nitrogens with zero attached hydrogens (tertiary/aromatic N) is 5. The molecule has 6 nitrogen and oxygen atoms in total. The van der Waals surface area contributed by atoms with Crippen LogP contribution in [0, 0.1) is 0 Å². The summed E-state index contributed by atoms with van der Waals surface area (Å²) in [5.74, 6) is 0.961. The summed E-state index contributed by atoms with van der Waals surface area (Å²) in [7, 11) is 0. The maximum absolute atomic E-state index is 5.37. The smallest absolute Gasteiger partial charge is 0.173 e. The highest BCUT2D eigenvalue weighted by Crippen LogP contribution is 2.00. The second kappa shape index (κ2) is 2.57. The van der Waals surface area contributed by atoms with Gasteiger partial charge in [0.15, 0.2) is 11.6 Å². The first-order valence-corrected chi connectivity index (χ1v) is 3.30. The summed E-state index contributed by atoms with van der Waals surface area (Å²) in [5, 5.41) is 7.34. The van der Waals surface area contributed by atoms with Crippen LogP contribution in [-0.4, -0.2) is 25.0 Å². The Balaban J connectivity index is 2.45. The molecule has 0 spiro atoms. The van der Waals surface area contributed by atoms with Crippen LogP contribution in [0.15, 0.2) is 24.8 Å². The molecule has 0 aliphatic rings. The van der Waals surface area contributed by atoms with Gasteiger partial charge in [0, 0.05) is 12.4 Å². The lowest BCUT2D eigenvalue weighted by atomic mass is 10.6. The Labute approximate surface area is 68.1 Å². The highest BCUT2D eigenvalue weighted by Gasteiger charge is 1.98. The van der Waals surface area contributed by atoms with Gasteiger partial charge in [-0.2, -0.15) is 4.68 Å². The fourth-order valence-corrected chi connectivity index (χ4v) is 0.798. The van der Waals surface area contributed by atoms with Crippen LogP contribution in [0.4, 0.5) is 5.82 Å². The van der Waals surface area contributed by atoms with Crippen molar-refractivity contribution in [2.75, 3.05) is 5.73 Å². The van der Waals surface area contributed by atoms with Gasteiger partial charge in [-0.05, 0) is 0 Å². The van der Waals surface area contributed by atoms with Crippen LogP contribution in [0.1, 0.15) is 0 Å². The van der Waals surface area contributed by atoms with E-state index < -0.39 is 0 Å². The summed E-state index contributed by atoms with van der Waals surface area (Å²) in [6.45, 7) is 0. The van der Waals surface area contributed by atoms with E-state index in [-0.39, 0.29) is 0 Å². The normalized spacial score (nSPS) is 10.0. The van der Waals surface area contributed by atoms with Gasteiger partial charge in [-0.1, -0.05) is 5.21 Å². The van der Waals surface area contributed by atoms with Crippen molar-refractivity contribution in [3.8, 4) is 5.82 Å². The molecule has 0 fully saturated rings. The summed E-state index contributed by atoms with van der Waals surface area (Å²) in [6, 6.07) is 0. The van der Waals surface area contributed by atoms with Gasteiger partial charge in [-0.3, -0.25) is 4.98 Å². The van der Waals surface area contributed by atoms with Crippen molar-refractivity contribution >= 4 is 5.82 Å². The molecule has 0 atom stereocenters. The lowest BCUT2D eigenvalue weighted by Gasteiger charge is -1.94. The Morgan fingerprint density at radius 2 is 2.25 bits per heavy atom. The molecule has 0 aromatic carbocycles. The van der Waals surface area contributed by atoms with Gasteiger partial charge < -0.3 is 5.73 Å². The quantitative estimate of drug-likeness (QED) is 0.619. The van der Waals surface area contributed by atoms with E-state index in [9.17, 15) is 0 Å². The van der Waals surface area contributed by atoms with Crippen molar-refractivity contribution in [3.63, 3.8) is 0 Å². The van der Waals surface area contributed by atoms with Gasteiger partial charge in [0.25, 0.3) is 0 Å². The lowest BCUT2D eigenvalue weighted by Crippen LogP contribution is -1.97. The molecule has 0 unspecified atom stereocenters. The number of hydrogen-bond acceptors (Lipinski definition) is 5. The zero-order chi connectivity index (χ0) is 8.39. The summed E-state index contributed by atoms with van der Waals surface area (Å²) in [6.07, 6.45) is 6.31. The average Bonchev–Trinajstić information content (AvgIpc) is 2.54. The Bertz CT molecular complexity index is 367. The molecule has 0 radical (unpaired) electrons. The first-order valence-electron chi connectivity index (χ1n) is 3.30. The predicted octanol–water partition coefficient (Wildman–Crippen LogP) is -0.361. The van der Waals surface area contributed by atoms with E-state index in [4.69, 9.17) is 5.73 Å². The molecule has 0 saturated heterocycles.